The number of aryl methyl sites for hydroxylation is 1. The number of carbonyl (C=O) groups excluding carboxylic acids is 1. The number of carbonyl (C=O) groups is 1. The van der Waals surface area contributed by atoms with E-state index in [2.05, 4.69) is 28.9 Å². The van der Waals surface area contributed by atoms with Crippen molar-refractivity contribution < 1.29 is 9.53 Å². The van der Waals surface area contributed by atoms with Crippen LogP contribution in [0, 0.1) is 6.92 Å². The zero-order chi connectivity index (χ0) is 18.7. The zero-order valence-electron chi connectivity index (χ0n) is 15.4. The van der Waals surface area contributed by atoms with Gasteiger partial charge in [-0.15, -0.1) is 0 Å². The minimum absolute atomic E-state index is 0.0378. The molecule has 0 N–H and O–H groups in total. The van der Waals surface area contributed by atoms with Gasteiger partial charge in [-0.1, -0.05) is 6.07 Å². The van der Waals surface area contributed by atoms with Crippen LogP contribution in [0.15, 0.2) is 43.0 Å². The van der Waals surface area contributed by atoms with Crippen LogP contribution < -0.4 is 4.74 Å². The maximum absolute atomic E-state index is 11.9. The summed E-state index contributed by atoms with van der Waals surface area (Å²) in [6.45, 7) is 7.83. The summed E-state index contributed by atoms with van der Waals surface area (Å²) in [4.78, 5) is 20.6. The van der Waals surface area contributed by atoms with Crippen LogP contribution in [0.3, 0.4) is 0 Å². The maximum Gasteiger partial charge on any atom is 0.163 e. The summed E-state index contributed by atoms with van der Waals surface area (Å²) < 4.78 is 7.88. The molecule has 0 saturated heterocycles. The SMILES string of the molecule is CC(=O)c1c(C)cncc1OCc1cccnc1-c1ccnn1C(C)C. The molecular weight excluding hydrogens is 328 g/mol. The molecule has 0 unspecified atom stereocenters. The molecule has 6 nitrogen and oxygen atoms in total. The Hall–Kier alpha value is -3.02. The van der Waals surface area contributed by atoms with Gasteiger partial charge in [-0.2, -0.15) is 5.10 Å². The number of hydrogen-bond donors (Lipinski definition) is 0. The van der Waals surface area contributed by atoms with Crippen molar-refractivity contribution in [3.05, 3.63) is 59.7 Å². The van der Waals surface area contributed by atoms with Gasteiger partial charge < -0.3 is 4.74 Å². The average molecular weight is 350 g/mol. The normalized spacial score (nSPS) is 11.0. The Labute approximate surface area is 152 Å². The van der Waals surface area contributed by atoms with Gasteiger partial charge in [-0.05, 0) is 45.4 Å². The lowest BCUT2D eigenvalue weighted by Gasteiger charge is -2.15. The molecule has 0 spiro atoms. The second kappa shape index (κ2) is 7.47. The van der Waals surface area contributed by atoms with Crippen molar-refractivity contribution in [3.63, 3.8) is 0 Å². The van der Waals surface area contributed by atoms with Crippen LogP contribution >= 0.6 is 0 Å². The van der Waals surface area contributed by atoms with Crippen molar-refractivity contribution in [1.29, 1.82) is 0 Å². The second-order valence-electron chi connectivity index (χ2n) is 6.44. The fourth-order valence-corrected chi connectivity index (χ4v) is 2.96. The van der Waals surface area contributed by atoms with Crippen LogP contribution in [0.5, 0.6) is 5.75 Å². The van der Waals surface area contributed by atoms with Crippen LogP contribution in [0.25, 0.3) is 11.4 Å². The molecule has 0 aliphatic rings. The van der Waals surface area contributed by atoms with Crippen molar-refractivity contribution in [3.8, 4) is 17.1 Å². The summed E-state index contributed by atoms with van der Waals surface area (Å²) in [6, 6.07) is 6.01. The van der Waals surface area contributed by atoms with Crippen molar-refractivity contribution >= 4 is 5.78 Å². The van der Waals surface area contributed by atoms with E-state index in [1.165, 1.54) is 6.92 Å². The van der Waals surface area contributed by atoms with Gasteiger partial charge >= 0.3 is 0 Å². The average Bonchev–Trinajstić information content (AvgIpc) is 3.09. The van der Waals surface area contributed by atoms with Crippen molar-refractivity contribution in [1.82, 2.24) is 19.7 Å². The highest BCUT2D eigenvalue weighted by atomic mass is 16.5. The van der Waals surface area contributed by atoms with Gasteiger partial charge in [0.25, 0.3) is 0 Å². The summed E-state index contributed by atoms with van der Waals surface area (Å²) >= 11 is 0. The molecule has 0 amide bonds. The Kier molecular flexibility index (Phi) is 5.11. The number of nitrogens with zero attached hydrogens (tertiary/aromatic N) is 4. The zero-order valence-corrected chi connectivity index (χ0v) is 15.4. The van der Waals surface area contributed by atoms with Gasteiger partial charge in [0.1, 0.15) is 12.4 Å². The summed E-state index contributed by atoms with van der Waals surface area (Å²) in [7, 11) is 0. The Morgan fingerprint density at radius 2 is 2.04 bits per heavy atom. The van der Waals surface area contributed by atoms with E-state index in [9.17, 15) is 4.79 Å². The lowest BCUT2D eigenvalue weighted by molar-refractivity contribution is 0.101. The molecule has 0 atom stereocenters. The third-order valence-corrected chi connectivity index (χ3v) is 4.13. The van der Waals surface area contributed by atoms with E-state index >= 15 is 0 Å². The smallest absolute Gasteiger partial charge is 0.163 e. The molecule has 3 aromatic rings. The fourth-order valence-electron chi connectivity index (χ4n) is 2.96. The van der Waals surface area contributed by atoms with E-state index in [0.717, 1.165) is 22.5 Å². The topological polar surface area (TPSA) is 69.9 Å². The molecule has 0 bridgehead atoms. The number of ether oxygens (including phenoxy) is 1. The molecule has 134 valence electrons. The summed E-state index contributed by atoms with van der Waals surface area (Å²) in [5, 5.41) is 4.38. The summed E-state index contributed by atoms with van der Waals surface area (Å²) in [5.41, 5.74) is 4.06. The maximum atomic E-state index is 11.9. The highest BCUT2D eigenvalue weighted by Gasteiger charge is 2.16. The third kappa shape index (κ3) is 3.49. The quantitative estimate of drug-likeness (QED) is 0.628. The molecule has 3 aromatic heterocycles. The van der Waals surface area contributed by atoms with Crippen LogP contribution in [-0.4, -0.2) is 25.5 Å². The van der Waals surface area contributed by atoms with Gasteiger partial charge in [0.2, 0.25) is 0 Å². The minimum atomic E-state index is -0.0378. The summed E-state index contributed by atoms with van der Waals surface area (Å²) in [6.07, 6.45) is 6.77. The third-order valence-electron chi connectivity index (χ3n) is 4.13. The predicted molar refractivity (Wildman–Crippen MR) is 99.2 cm³/mol. The Morgan fingerprint density at radius 1 is 1.23 bits per heavy atom. The van der Waals surface area contributed by atoms with Gasteiger partial charge in [0.15, 0.2) is 5.78 Å². The first kappa shape index (κ1) is 17.8. The van der Waals surface area contributed by atoms with Gasteiger partial charge in [0, 0.05) is 30.2 Å². The van der Waals surface area contributed by atoms with Crippen molar-refractivity contribution in [2.75, 3.05) is 0 Å². The van der Waals surface area contributed by atoms with Crippen molar-refractivity contribution in [2.45, 2.75) is 40.3 Å². The van der Waals surface area contributed by atoms with E-state index in [1.54, 1.807) is 24.8 Å². The van der Waals surface area contributed by atoms with Crippen molar-refractivity contribution in [2.24, 2.45) is 0 Å². The largest absolute Gasteiger partial charge is 0.486 e. The van der Waals surface area contributed by atoms with E-state index < -0.39 is 0 Å². The molecule has 0 saturated carbocycles. The molecule has 3 heterocycles. The molecular formula is C20H22N4O2. The highest BCUT2D eigenvalue weighted by Crippen LogP contribution is 2.26. The minimum Gasteiger partial charge on any atom is -0.486 e. The first-order chi connectivity index (χ1) is 12.5. The molecule has 0 fully saturated rings. The van der Waals surface area contributed by atoms with E-state index in [0.29, 0.717) is 11.3 Å². The number of Topliss-reactive ketones (excluding diaryl/α,β-unsaturated/α-hetero) is 1. The standard InChI is InChI=1S/C20H22N4O2/c1-13(2)24-17(7-9-23-24)20-16(6-5-8-22-20)12-26-18-11-21-10-14(3)19(18)15(4)25/h5-11,13H,12H2,1-4H3. The number of ketones is 1. The second-order valence-corrected chi connectivity index (χ2v) is 6.44. The number of rotatable bonds is 6. The Bertz CT molecular complexity index is 931. The molecule has 0 aliphatic heterocycles. The number of aromatic nitrogens is 4. The van der Waals surface area contributed by atoms with E-state index in [4.69, 9.17) is 4.74 Å². The molecule has 3 rings (SSSR count). The molecule has 0 aromatic carbocycles. The van der Waals surface area contributed by atoms with Crippen LogP contribution in [0.2, 0.25) is 0 Å². The van der Waals surface area contributed by atoms with Gasteiger partial charge in [-0.3, -0.25) is 19.4 Å². The molecule has 6 heteroatoms. The van der Waals surface area contributed by atoms with E-state index in [-0.39, 0.29) is 18.4 Å². The van der Waals surface area contributed by atoms with E-state index in [1.807, 2.05) is 29.8 Å². The highest BCUT2D eigenvalue weighted by molar-refractivity contribution is 5.98. The first-order valence-electron chi connectivity index (χ1n) is 8.55. The number of pyridine rings is 2. The molecule has 26 heavy (non-hydrogen) atoms. The van der Waals surface area contributed by atoms with Crippen LogP contribution in [-0.2, 0) is 6.61 Å². The van der Waals surface area contributed by atoms with Gasteiger partial charge in [-0.25, -0.2) is 0 Å². The molecule has 0 radical (unpaired) electrons. The van der Waals surface area contributed by atoms with Crippen LogP contribution in [0.4, 0.5) is 0 Å². The number of hydrogen-bond acceptors (Lipinski definition) is 5. The lowest BCUT2D eigenvalue weighted by Crippen LogP contribution is -2.09. The van der Waals surface area contributed by atoms with Crippen LogP contribution in [0.1, 0.15) is 48.3 Å². The predicted octanol–water partition coefficient (Wildman–Crippen LogP) is 4.01. The lowest BCUT2D eigenvalue weighted by atomic mass is 10.1. The first-order valence-corrected chi connectivity index (χ1v) is 8.55. The molecule has 0 aliphatic carbocycles. The monoisotopic (exact) mass is 350 g/mol. The Balaban J connectivity index is 1.93. The fraction of sp³-hybridized carbons (Fsp3) is 0.300. The Morgan fingerprint density at radius 3 is 2.77 bits per heavy atom. The summed E-state index contributed by atoms with van der Waals surface area (Å²) in [5.74, 6) is 0.453. The van der Waals surface area contributed by atoms with Gasteiger partial charge in [0.05, 0.1) is 23.1 Å².